The molecule has 0 atom stereocenters. The Kier molecular flexibility index (Phi) is 8.22. The van der Waals surface area contributed by atoms with E-state index in [9.17, 15) is 0 Å². The van der Waals surface area contributed by atoms with Gasteiger partial charge in [-0.25, -0.2) is 0 Å². The third kappa shape index (κ3) is 6.76. The van der Waals surface area contributed by atoms with E-state index < -0.39 is 0 Å². The predicted octanol–water partition coefficient (Wildman–Crippen LogP) is 4.87. The van der Waals surface area contributed by atoms with E-state index in [0.29, 0.717) is 0 Å². The minimum absolute atomic E-state index is 0.912. The van der Waals surface area contributed by atoms with E-state index in [0.717, 1.165) is 17.3 Å². The summed E-state index contributed by atoms with van der Waals surface area (Å²) >= 11 is 1.80. The van der Waals surface area contributed by atoms with E-state index >= 15 is 0 Å². The number of rotatable bonds is 8. The van der Waals surface area contributed by atoms with Gasteiger partial charge in [0.15, 0.2) is 0 Å². The van der Waals surface area contributed by atoms with E-state index in [-0.39, 0.29) is 0 Å². The molecule has 0 saturated heterocycles. The van der Waals surface area contributed by atoms with Crippen LogP contribution >= 0.6 is 33.3 Å². The first kappa shape index (κ1) is 14.6. The molecule has 0 amide bonds. The Balaban J connectivity index is 2.23. The lowest BCUT2D eigenvalue weighted by Gasteiger charge is -2.02. The maximum absolute atomic E-state index is 5.18. The standard InChI is InChI=1S/C13H16OS3/c1-3-8-16-17-10-5-9-15-13-7-4-6-12(11-13)14-2/h3-7,10-11H,1,8-9H2,2H3/b10-5-. The molecule has 0 aliphatic rings. The van der Waals surface area contributed by atoms with Gasteiger partial charge in [-0.15, -0.1) is 18.3 Å². The molecule has 4 heteroatoms. The van der Waals surface area contributed by atoms with Gasteiger partial charge in [-0.2, -0.15) is 0 Å². The Labute approximate surface area is 115 Å². The van der Waals surface area contributed by atoms with Crippen molar-refractivity contribution in [2.24, 2.45) is 0 Å². The van der Waals surface area contributed by atoms with Gasteiger partial charge < -0.3 is 4.74 Å². The lowest BCUT2D eigenvalue weighted by Crippen LogP contribution is -1.82. The fraction of sp³-hybridized carbons (Fsp3) is 0.231. The van der Waals surface area contributed by atoms with E-state index in [4.69, 9.17) is 4.74 Å². The summed E-state index contributed by atoms with van der Waals surface area (Å²) in [6.45, 7) is 3.68. The molecule has 0 saturated carbocycles. The molecule has 0 aliphatic carbocycles. The van der Waals surface area contributed by atoms with Crippen molar-refractivity contribution in [3.05, 3.63) is 48.4 Å². The second-order valence-electron chi connectivity index (χ2n) is 3.03. The molecule has 0 unspecified atom stereocenters. The Morgan fingerprint density at radius 3 is 3.00 bits per heavy atom. The van der Waals surface area contributed by atoms with Crippen LogP contribution in [0.2, 0.25) is 0 Å². The average molecular weight is 284 g/mol. The zero-order valence-electron chi connectivity index (χ0n) is 9.80. The van der Waals surface area contributed by atoms with Gasteiger partial charge in [-0.1, -0.05) is 39.8 Å². The van der Waals surface area contributed by atoms with Crippen LogP contribution in [-0.4, -0.2) is 18.6 Å². The van der Waals surface area contributed by atoms with Gasteiger partial charge in [-0.3, -0.25) is 0 Å². The molecule has 0 bridgehead atoms. The van der Waals surface area contributed by atoms with Gasteiger partial charge >= 0.3 is 0 Å². The van der Waals surface area contributed by atoms with Crippen LogP contribution < -0.4 is 4.74 Å². The SMILES string of the molecule is C=CCSS/C=C\CSc1cccc(OC)c1. The Bertz CT molecular complexity index is 363. The lowest BCUT2D eigenvalue weighted by atomic mass is 10.3. The van der Waals surface area contributed by atoms with Crippen LogP contribution in [0.3, 0.4) is 0 Å². The van der Waals surface area contributed by atoms with Crippen molar-refractivity contribution in [2.45, 2.75) is 4.90 Å². The second-order valence-corrected chi connectivity index (χ2v) is 6.44. The molecule has 0 radical (unpaired) electrons. The van der Waals surface area contributed by atoms with Crippen LogP contribution in [0.4, 0.5) is 0 Å². The Morgan fingerprint density at radius 1 is 1.35 bits per heavy atom. The maximum Gasteiger partial charge on any atom is 0.119 e. The van der Waals surface area contributed by atoms with E-state index in [1.165, 1.54) is 4.90 Å². The van der Waals surface area contributed by atoms with Crippen LogP contribution in [0.25, 0.3) is 0 Å². The van der Waals surface area contributed by atoms with Crippen molar-refractivity contribution in [3.63, 3.8) is 0 Å². The highest BCUT2D eigenvalue weighted by atomic mass is 33.1. The maximum atomic E-state index is 5.18. The average Bonchev–Trinajstić information content (AvgIpc) is 2.38. The number of thioether (sulfide) groups is 1. The molecular formula is C13H16OS3. The largest absolute Gasteiger partial charge is 0.497 e. The summed E-state index contributed by atoms with van der Waals surface area (Å²) in [5, 5.41) is 2.13. The van der Waals surface area contributed by atoms with Crippen molar-refractivity contribution < 1.29 is 4.74 Å². The molecule has 92 valence electrons. The molecule has 0 fully saturated rings. The van der Waals surface area contributed by atoms with E-state index in [2.05, 4.69) is 30.2 Å². The summed E-state index contributed by atoms with van der Waals surface area (Å²) in [7, 11) is 5.23. The first-order valence-corrected chi connectivity index (χ1v) is 8.54. The van der Waals surface area contributed by atoms with Gasteiger partial charge in [0, 0.05) is 16.4 Å². The second kappa shape index (κ2) is 9.57. The van der Waals surface area contributed by atoms with Crippen LogP contribution in [-0.2, 0) is 0 Å². The summed E-state index contributed by atoms with van der Waals surface area (Å²) in [5.74, 6) is 2.88. The summed E-state index contributed by atoms with van der Waals surface area (Å²) in [5.41, 5.74) is 0. The van der Waals surface area contributed by atoms with Crippen molar-refractivity contribution in [3.8, 4) is 5.75 Å². The van der Waals surface area contributed by atoms with E-state index in [1.807, 2.05) is 18.2 Å². The van der Waals surface area contributed by atoms with Crippen LogP contribution in [0.5, 0.6) is 5.75 Å². The summed E-state index contributed by atoms with van der Waals surface area (Å²) in [4.78, 5) is 1.23. The van der Waals surface area contributed by atoms with Crippen LogP contribution in [0, 0.1) is 0 Å². The highest BCUT2D eigenvalue weighted by molar-refractivity contribution is 8.77. The molecule has 1 rings (SSSR count). The first-order valence-electron chi connectivity index (χ1n) is 5.18. The van der Waals surface area contributed by atoms with Gasteiger partial charge in [0.05, 0.1) is 7.11 Å². The highest BCUT2D eigenvalue weighted by Crippen LogP contribution is 2.25. The number of hydrogen-bond acceptors (Lipinski definition) is 4. The molecular weight excluding hydrogens is 268 g/mol. The molecule has 1 nitrogen and oxygen atoms in total. The normalized spacial score (nSPS) is 10.6. The topological polar surface area (TPSA) is 9.23 Å². The van der Waals surface area contributed by atoms with Gasteiger partial charge in [-0.05, 0) is 23.6 Å². The van der Waals surface area contributed by atoms with Crippen molar-refractivity contribution >= 4 is 33.3 Å². The molecule has 0 heterocycles. The summed E-state index contributed by atoms with van der Waals surface area (Å²) in [6.07, 6.45) is 4.08. The first-order chi connectivity index (χ1) is 8.36. The summed E-state index contributed by atoms with van der Waals surface area (Å²) in [6, 6.07) is 8.12. The molecule has 1 aromatic rings. The fourth-order valence-electron chi connectivity index (χ4n) is 1.04. The molecule has 0 N–H and O–H groups in total. The zero-order valence-corrected chi connectivity index (χ0v) is 12.2. The molecule has 0 spiro atoms. The number of ether oxygens (including phenoxy) is 1. The quantitative estimate of drug-likeness (QED) is 0.291. The molecule has 0 aromatic heterocycles. The molecule has 0 aliphatic heterocycles. The third-order valence-corrected chi connectivity index (χ3v) is 4.70. The number of methoxy groups -OCH3 is 1. The monoisotopic (exact) mass is 284 g/mol. The Morgan fingerprint density at radius 2 is 2.24 bits per heavy atom. The van der Waals surface area contributed by atoms with Crippen LogP contribution in [0.1, 0.15) is 0 Å². The van der Waals surface area contributed by atoms with Gasteiger partial charge in [0.1, 0.15) is 5.75 Å². The summed E-state index contributed by atoms with van der Waals surface area (Å²) < 4.78 is 5.18. The lowest BCUT2D eigenvalue weighted by molar-refractivity contribution is 0.413. The zero-order chi connectivity index (χ0) is 12.3. The van der Waals surface area contributed by atoms with Crippen LogP contribution in [0.15, 0.2) is 53.3 Å². The smallest absolute Gasteiger partial charge is 0.119 e. The predicted molar refractivity (Wildman–Crippen MR) is 83.1 cm³/mol. The highest BCUT2D eigenvalue weighted by Gasteiger charge is 1.94. The minimum Gasteiger partial charge on any atom is -0.497 e. The van der Waals surface area contributed by atoms with Gasteiger partial charge in [0.2, 0.25) is 0 Å². The molecule has 17 heavy (non-hydrogen) atoms. The molecule has 1 aromatic carbocycles. The van der Waals surface area contributed by atoms with Crippen molar-refractivity contribution in [1.82, 2.24) is 0 Å². The minimum atomic E-state index is 0.912. The Hall–Kier alpha value is -0.450. The van der Waals surface area contributed by atoms with Gasteiger partial charge in [0.25, 0.3) is 0 Å². The number of hydrogen-bond donors (Lipinski definition) is 0. The van der Waals surface area contributed by atoms with Crippen molar-refractivity contribution in [1.29, 1.82) is 0 Å². The third-order valence-electron chi connectivity index (χ3n) is 1.79. The number of benzene rings is 1. The van der Waals surface area contributed by atoms with Crippen molar-refractivity contribution in [2.75, 3.05) is 18.6 Å². The van der Waals surface area contributed by atoms with E-state index in [1.54, 1.807) is 40.5 Å². The fourth-order valence-corrected chi connectivity index (χ4v) is 3.35.